The van der Waals surface area contributed by atoms with E-state index in [1.54, 1.807) is 0 Å². The molecule has 3 nitrogen and oxygen atoms in total. The molecule has 276 valence electrons. The van der Waals surface area contributed by atoms with Crippen LogP contribution in [0.3, 0.4) is 0 Å². The maximum Gasteiger partial charge on any atom is 0.150 e. The van der Waals surface area contributed by atoms with Gasteiger partial charge in [0.2, 0.25) is 0 Å². The molecule has 3 aliphatic rings. The highest BCUT2D eigenvalue weighted by molar-refractivity contribution is 7.79. The van der Waals surface area contributed by atoms with Crippen molar-refractivity contribution in [3.8, 4) is 22.6 Å². The first-order chi connectivity index (χ1) is 28.6. The van der Waals surface area contributed by atoms with E-state index in [4.69, 9.17) is 4.74 Å². The van der Waals surface area contributed by atoms with E-state index in [0.717, 1.165) is 60.7 Å². The Morgan fingerprint density at radius 3 is 1.86 bits per heavy atom. The van der Waals surface area contributed by atoms with E-state index in [1.165, 1.54) is 33.0 Å². The molecule has 2 aliphatic carbocycles. The van der Waals surface area contributed by atoms with E-state index >= 15 is 4.57 Å². The fourth-order valence-corrected chi connectivity index (χ4v) is 13.9. The van der Waals surface area contributed by atoms with Crippen molar-refractivity contribution >= 4 is 56.0 Å². The van der Waals surface area contributed by atoms with Crippen LogP contribution in [-0.2, 0) is 9.98 Å². The molecule has 1 aromatic heterocycles. The van der Waals surface area contributed by atoms with Crippen molar-refractivity contribution in [3.05, 3.63) is 222 Å². The predicted octanol–water partition coefficient (Wildman–Crippen LogP) is 12.8. The summed E-state index contributed by atoms with van der Waals surface area (Å²) in [5, 5.41) is 6.36. The summed E-state index contributed by atoms with van der Waals surface area (Å²) in [6.07, 6.45) is 6.77. The molecule has 12 rings (SSSR count). The Morgan fingerprint density at radius 1 is 0.569 bits per heavy atom. The predicted molar refractivity (Wildman–Crippen MR) is 240 cm³/mol. The zero-order valence-corrected chi connectivity index (χ0v) is 32.8. The van der Waals surface area contributed by atoms with Crippen LogP contribution >= 0.6 is 7.14 Å². The Hall–Kier alpha value is -6.67. The number of para-hydroxylation sites is 1. The minimum Gasteiger partial charge on any atom is -0.456 e. The zero-order chi connectivity index (χ0) is 38.6. The van der Waals surface area contributed by atoms with E-state index in [0.29, 0.717) is 0 Å². The largest absolute Gasteiger partial charge is 0.456 e. The lowest BCUT2D eigenvalue weighted by molar-refractivity contribution is 0.442. The average Bonchev–Trinajstić information content (AvgIpc) is 3.78. The number of nitrogens with zero attached hydrogens (tertiary/aromatic N) is 1. The molecule has 0 radical (unpaired) electrons. The number of benzene rings is 8. The van der Waals surface area contributed by atoms with E-state index in [1.807, 2.05) is 60.7 Å². The summed E-state index contributed by atoms with van der Waals surface area (Å²) in [5.41, 5.74) is 9.91. The summed E-state index contributed by atoms with van der Waals surface area (Å²) in [4.78, 5) is 0. The van der Waals surface area contributed by atoms with Gasteiger partial charge in [-0.2, -0.15) is 0 Å². The molecule has 58 heavy (non-hydrogen) atoms. The summed E-state index contributed by atoms with van der Waals surface area (Å²) in [7, 11) is -3.07. The Kier molecular flexibility index (Phi) is 7.16. The highest BCUT2D eigenvalue weighted by Gasteiger charge is 2.51. The normalized spacial score (nSPS) is 17.4. The van der Waals surface area contributed by atoms with Crippen LogP contribution < -0.4 is 15.3 Å². The lowest BCUT2D eigenvalue weighted by atomic mass is 9.66. The van der Waals surface area contributed by atoms with Gasteiger partial charge in [0.1, 0.15) is 18.6 Å². The lowest BCUT2D eigenvalue weighted by Crippen LogP contribution is -2.32. The maximum absolute atomic E-state index is 15.6. The van der Waals surface area contributed by atoms with Gasteiger partial charge in [0, 0.05) is 43.9 Å². The third-order valence-corrected chi connectivity index (χ3v) is 16.6. The maximum atomic E-state index is 15.6. The van der Waals surface area contributed by atoms with Gasteiger partial charge in [-0.15, -0.1) is 0 Å². The van der Waals surface area contributed by atoms with Crippen LogP contribution in [-0.4, -0.2) is 10.2 Å². The number of hydrogen-bond acceptors (Lipinski definition) is 2. The summed E-state index contributed by atoms with van der Waals surface area (Å²) < 4.78 is 25.3. The molecule has 0 N–H and O–H groups in total. The minimum absolute atomic E-state index is 0.0239. The molecule has 2 unspecified atom stereocenters. The molecule has 2 atom stereocenters. The van der Waals surface area contributed by atoms with Gasteiger partial charge >= 0.3 is 0 Å². The Morgan fingerprint density at radius 2 is 1.17 bits per heavy atom. The average molecular weight is 764 g/mol. The van der Waals surface area contributed by atoms with Crippen molar-refractivity contribution in [1.82, 2.24) is 4.57 Å². The van der Waals surface area contributed by atoms with Crippen molar-refractivity contribution in [2.45, 2.75) is 18.0 Å². The van der Waals surface area contributed by atoms with Gasteiger partial charge in [0.05, 0.1) is 21.8 Å². The van der Waals surface area contributed by atoms with Crippen LogP contribution in [0.25, 0.3) is 49.4 Å². The van der Waals surface area contributed by atoms with Crippen LogP contribution in [0.4, 0.5) is 0 Å². The molecule has 9 aromatic rings. The molecular formula is C54H38NO2P. The van der Waals surface area contributed by atoms with Crippen LogP contribution in [0.2, 0.25) is 0 Å². The fourth-order valence-electron chi connectivity index (χ4n) is 10.6. The number of aromatic nitrogens is 1. The molecule has 2 heterocycles. The second kappa shape index (κ2) is 12.4. The highest BCUT2D eigenvalue weighted by Crippen LogP contribution is 2.63. The third kappa shape index (κ3) is 4.37. The molecule has 0 amide bonds. The van der Waals surface area contributed by atoms with Crippen molar-refractivity contribution in [2.24, 2.45) is 5.92 Å². The molecule has 0 saturated carbocycles. The topological polar surface area (TPSA) is 31.2 Å². The SMILES string of the molecule is CC1C=C(n2c3ccc4c(c3c3ccc5ccccc5c32)Oc2ccccc2C42c3ccccc3-c3ccccc32)C=CC1P(=O)(c1ccccc1)c1ccccc1. The van der Waals surface area contributed by atoms with Crippen LogP contribution in [0.5, 0.6) is 11.5 Å². The first-order valence-electron chi connectivity index (χ1n) is 20.2. The molecule has 8 aromatic carbocycles. The van der Waals surface area contributed by atoms with Gasteiger partial charge < -0.3 is 13.9 Å². The number of hydrogen-bond donors (Lipinski definition) is 0. The lowest BCUT2D eigenvalue weighted by Gasteiger charge is -2.39. The number of ether oxygens (including phenoxy) is 1. The molecule has 1 spiro atoms. The van der Waals surface area contributed by atoms with Gasteiger partial charge in [0.15, 0.2) is 0 Å². The van der Waals surface area contributed by atoms with Crippen LogP contribution in [0.15, 0.2) is 200 Å². The van der Waals surface area contributed by atoms with Gasteiger partial charge in [-0.05, 0) is 51.8 Å². The summed E-state index contributed by atoms with van der Waals surface area (Å²) in [5.74, 6) is 1.75. The first-order valence-corrected chi connectivity index (χ1v) is 21.9. The molecule has 0 saturated heterocycles. The molecule has 0 bridgehead atoms. The standard InChI is InChI=1S/C54H38NO2P/c1-35-34-37(29-33-50(35)58(56,38-17-4-2-5-18-38)39-19-6-3-7-20-39)55-48-32-31-47-53(51(48)43-30-28-36-16-8-9-21-40(36)52(43)55)57-49-27-15-14-26-46(49)54(47)44-24-12-10-22-41(44)42-23-11-13-25-45(42)54/h2-35,50H,1H3. The van der Waals surface area contributed by atoms with Gasteiger partial charge in [-0.25, -0.2) is 0 Å². The quantitative estimate of drug-likeness (QED) is 0.167. The van der Waals surface area contributed by atoms with Crippen LogP contribution in [0, 0.1) is 5.92 Å². The Balaban J connectivity index is 1.13. The van der Waals surface area contributed by atoms with Gasteiger partial charge in [-0.3, -0.25) is 0 Å². The van der Waals surface area contributed by atoms with Crippen molar-refractivity contribution in [3.63, 3.8) is 0 Å². The van der Waals surface area contributed by atoms with E-state index in [9.17, 15) is 0 Å². The van der Waals surface area contributed by atoms with Crippen LogP contribution in [0.1, 0.15) is 29.2 Å². The summed E-state index contributed by atoms with van der Waals surface area (Å²) >= 11 is 0. The molecular weight excluding hydrogens is 726 g/mol. The fraction of sp³-hybridized carbons (Fsp3) is 0.0741. The number of rotatable bonds is 4. The van der Waals surface area contributed by atoms with E-state index in [-0.39, 0.29) is 11.6 Å². The monoisotopic (exact) mass is 763 g/mol. The van der Waals surface area contributed by atoms with E-state index < -0.39 is 12.6 Å². The second-order valence-corrected chi connectivity index (χ2v) is 18.9. The summed E-state index contributed by atoms with van der Waals surface area (Å²) in [6.45, 7) is 2.22. The Labute approximate surface area is 337 Å². The number of fused-ring (bicyclic) bond motifs is 15. The smallest absolute Gasteiger partial charge is 0.150 e. The molecule has 0 fully saturated rings. The zero-order valence-electron chi connectivity index (χ0n) is 31.9. The van der Waals surface area contributed by atoms with E-state index in [2.05, 4.69) is 151 Å². The third-order valence-electron chi connectivity index (χ3n) is 13.0. The highest BCUT2D eigenvalue weighted by atomic mass is 31.2. The number of allylic oxidation sites excluding steroid dienone is 4. The van der Waals surface area contributed by atoms with Gasteiger partial charge in [0.25, 0.3) is 0 Å². The summed E-state index contributed by atoms with van der Waals surface area (Å²) in [6, 6.07) is 64.3. The molecule has 4 heteroatoms. The molecule has 1 aliphatic heterocycles. The van der Waals surface area contributed by atoms with Gasteiger partial charge in [-0.1, -0.05) is 189 Å². The van der Waals surface area contributed by atoms with Crippen molar-refractivity contribution in [1.29, 1.82) is 0 Å². The Bertz CT molecular complexity index is 3180. The second-order valence-electron chi connectivity index (χ2n) is 15.9. The first kappa shape index (κ1) is 33.5. The minimum atomic E-state index is -3.07. The van der Waals surface area contributed by atoms with Crippen molar-refractivity contribution < 1.29 is 9.30 Å². The van der Waals surface area contributed by atoms with Crippen molar-refractivity contribution in [2.75, 3.05) is 0 Å².